The number of aliphatic hydroxyl groups is 1. The zero-order valence-electron chi connectivity index (χ0n) is 13.2. The average Bonchev–Trinajstić information content (AvgIpc) is 2.47. The summed E-state index contributed by atoms with van der Waals surface area (Å²) in [5.74, 6) is 0. The van der Waals surface area contributed by atoms with Gasteiger partial charge in [0.1, 0.15) is 0 Å². The highest BCUT2D eigenvalue weighted by atomic mass is 32.1. The number of nitrogens with one attached hydrogen (secondary N) is 2. The fraction of sp³-hybridized carbons (Fsp3) is 0.278. The SMILES string of the molecule is Cc1ccccc1NC(=S)NCc1ccc(C(C)(C)O)cc1. The molecule has 0 saturated carbocycles. The van der Waals surface area contributed by atoms with Crippen LogP contribution < -0.4 is 10.6 Å². The van der Waals surface area contributed by atoms with E-state index in [1.165, 1.54) is 0 Å². The Balaban J connectivity index is 1.90. The van der Waals surface area contributed by atoms with Crippen molar-refractivity contribution in [3.05, 3.63) is 65.2 Å². The first-order valence-electron chi connectivity index (χ1n) is 7.28. The quantitative estimate of drug-likeness (QED) is 0.753. The van der Waals surface area contributed by atoms with Gasteiger partial charge in [-0.05, 0) is 55.7 Å². The van der Waals surface area contributed by atoms with Crippen LogP contribution in [-0.4, -0.2) is 10.2 Å². The van der Waals surface area contributed by atoms with Crippen molar-refractivity contribution in [3.8, 4) is 0 Å². The van der Waals surface area contributed by atoms with Crippen LogP contribution in [-0.2, 0) is 12.1 Å². The fourth-order valence-electron chi connectivity index (χ4n) is 2.09. The zero-order valence-corrected chi connectivity index (χ0v) is 14.0. The molecule has 0 heterocycles. The van der Waals surface area contributed by atoms with Crippen LogP contribution in [0.1, 0.15) is 30.5 Å². The lowest BCUT2D eigenvalue weighted by molar-refractivity contribution is 0.0786. The molecule has 0 radical (unpaired) electrons. The molecule has 22 heavy (non-hydrogen) atoms. The van der Waals surface area contributed by atoms with E-state index in [1.807, 2.05) is 55.5 Å². The van der Waals surface area contributed by atoms with Crippen LogP contribution in [0.2, 0.25) is 0 Å². The maximum Gasteiger partial charge on any atom is 0.171 e. The van der Waals surface area contributed by atoms with E-state index in [2.05, 4.69) is 10.6 Å². The monoisotopic (exact) mass is 314 g/mol. The van der Waals surface area contributed by atoms with Crippen LogP contribution in [0.15, 0.2) is 48.5 Å². The molecular formula is C18H22N2OS. The summed E-state index contributed by atoms with van der Waals surface area (Å²) < 4.78 is 0. The first-order chi connectivity index (χ1) is 10.4. The van der Waals surface area contributed by atoms with Gasteiger partial charge in [0.2, 0.25) is 0 Å². The van der Waals surface area contributed by atoms with Crippen LogP contribution in [0.5, 0.6) is 0 Å². The minimum Gasteiger partial charge on any atom is -0.386 e. The van der Waals surface area contributed by atoms with Gasteiger partial charge in [-0.2, -0.15) is 0 Å². The van der Waals surface area contributed by atoms with E-state index in [9.17, 15) is 5.11 Å². The third kappa shape index (κ3) is 4.55. The normalized spacial score (nSPS) is 11.1. The Kier molecular flexibility index (Phi) is 5.16. The highest BCUT2D eigenvalue weighted by Gasteiger charge is 2.14. The smallest absolute Gasteiger partial charge is 0.171 e. The standard InChI is InChI=1S/C18H22N2OS/c1-13-6-4-5-7-16(13)20-17(22)19-12-14-8-10-15(11-9-14)18(2,3)21/h4-11,21H,12H2,1-3H3,(H2,19,20,22). The molecule has 0 spiro atoms. The summed E-state index contributed by atoms with van der Waals surface area (Å²) in [6.07, 6.45) is 0. The number of aryl methyl sites for hydroxylation is 1. The summed E-state index contributed by atoms with van der Waals surface area (Å²) >= 11 is 5.32. The molecule has 3 nitrogen and oxygen atoms in total. The Morgan fingerprint density at radius 3 is 2.32 bits per heavy atom. The Bertz CT molecular complexity index is 645. The van der Waals surface area contributed by atoms with Crippen LogP contribution in [0, 0.1) is 6.92 Å². The summed E-state index contributed by atoms with van der Waals surface area (Å²) in [6, 6.07) is 15.9. The molecule has 4 heteroatoms. The van der Waals surface area contributed by atoms with Gasteiger partial charge in [-0.1, -0.05) is 42.5 Å². The van der Waals surface area contributed by atoms with Crippen molar-refractivity contribution in [3.63, 3.8) is 0 Å². The van der Waals surface area contributed by atoms with Crippen molar-refractivity contribution in [1.29, 1.82) is 0 Å². The third-order valence-corrected chi connectivity index (χ3v) is 3.75. The summed E-state index contributed by atoms with van der Waals surface area (Å²) in [7, 11) is 0. The molecule has 0 atom stereocenters. The van der Waals surface area contributed by atoms with Gasteiger partial charge >= 0.3 is 0 Å². The second kappa shape index (κ2) is 6.90. The molecule has 116 valence electrons. The van der Waals surface area contributed by atoms with Crippen LogP contribution in [0.25, 0.3) is 0 Å². The molecular weight excluding hydrogens is 292 g/mol. The van der Waals surface area contributed by atoms with Gasteiger partial charge in [-0.25, -0.2) is 0 Å². The number of anilines is 1. The molecule has 0 bridgehead atoms. The Morgan fingerprint density at radius 2 is 1.73 bits per heavy atom. The molecule has 2 rings (SSSR count). The number of rotatable bonds is 4. The third-order valence-electron chi connectivity index (χ3n) is 3.51. The number of thiocarbonyl (C=S) groups is 1. The minimum absolute atomic E-state index is 0.598. The van der Waals surface area contributed by atoms with Crippen LogP contribution in [0.4, 0.5) is 5.69 Å². The maximum absolute atomic E-state index is 9.94. The van der Waals surface area contributed by atoms with Crippen LogP contribution >= 0.6 is 12.2 Å². The molecule has 3 N–H and O–H groups in total. The van der Waals surface area contributed by atoms with Crippen molar-refractivity contribution in [1.82, 2.24) is 5.32 Å². The number of para-hydroxylation sites is 1. The van der Waals surface area contributed by atoms with E-state index in [-0.39, 0.29) is 0 Å². The molecule has 0 amide bonds. The molecule has 0 aliphatic heterocycles. The van der Waals surface area contributed by atoms with Gasteiger partial charge in [0.05, 0.1) is 5.60 Å². The molecule has 2 aromatic carbocycles. The molecule has 0 aromatic heterocycles. The van der Waals surface area contributed by atoms with Crippen molar-refractivity contribution >= 4 is 23.0 Å². The highest BCUT2D eigenvalue weighted by molar-refractivity contribution is 7.80. The minimum atomic E-state index is -0.812. The molecule has 0 aliphatic rings. The van der Waals surface area contributed by atoms with E-state index in [4.69, 9.17) is 12.2 Å². The molecule has 0 aliphatic carbocycles. The van der Waals surface area contributed by atoms with Gasteiger partial charge < -0.3 is 15.7 Å². The van der Waals surface area contributed by atoms with Gasteiger partial charge in [0, 0.05) is 12.2 Å². The second-order valence-corrected chi connectivity index (χ2v) is 6.29. The largest absolute Gasteiger partial charge is 0.386 e. The number of hydrogen-bond donors (Lipinski definition) is 3. The van der Waals surface area contributed by atoms with Crippen LogP contribution in [0.3, 0.4) is 0 Å². The van der Waals surface area contributed by atoms with E-state index < -0.39 is 5.60 Å². The number of benzene rings is 2. The van der Waals surface area contributed by atoms with Gasteiger partial charge in [0.15, 0.2) is 5.11 Å². The van der Waals surface area contributed by atoms with Gasteiger partial charge in [-0.3, -0.25) is 0 Å². The predicted octanol–water partition coefficient (Wildman–Crippen LogP) is 3.71. The predicted molar refractivity (Wildman–Crippen MR) is 95.9 cm³/mol. The first-order valence-corrected chi connectivity index (χ1v) is 7.69. The summed E-state index contributed by atoms with van der Waals surface area (Å²) in [5.41, 5.74) is 3.37. The highest BCUT2D eigenvalue weighted by Crippen LogP contribution is 2.19. The molecule has 0 fully saturated rings. The van der Waals surface area contributed by atoms with E-state index in [1.54, 1.807) is 13.8 Å². The topological polar surface area (TPSA) is 44.3 Å². The first kappa shape index (κ1) is 16.5. The Morgan fingerprint density at radius 1 is 1.09 bits per heavy atom. The lowest BCUT2D eigenvalue weighted by atomic mass is 9.97. The van der Waals surface area contributed by atoms with Gasteiger partial charge in [0.25, 0.3) is 0 Å². The summed E-state index contributed by atoms with van der Waals surface area (Å²) in [4.78, 5) is 0. The van der Waals surface area contributed by atoms with E-state index in [0.717, 1.165) is 22.4 Å². The zero-order chi connectivity index (χ0) is 16.2. The molecule has 0 unspecified atom stereocenters. The maximum atomic E-state index is 9.94. The van der Waals surface area contributed by atoms with E-state index >= 15 is 0 Å². The van der Waals surface area contributed by atoms with E-state index in [0.29, 0.717) is 11.7 Å². The average molecular weight is 314 g/mol. The van der Waals surface area contributed by atoms with Crippen molar-refractivity contribution in [2.45, 2.75) is 32.9 Å². The van der Waals surface area contributed by atoms with Crippen molar-refractivity contribution in [2.75, 3.05) is 5.32 Å². The summed E-state index contributed by atoms with van der Waals surface area (Å²) in [5, 5.41) is 16.9. The Labute approximate surface area is 137 Å². The molecule has 0 saturated heterocycles. The van der Waals surface area contributed by atoms with Crippen molar-refractivity contribution in [2.24, 2.45) is 0 Å². The molecule has 2 aromatic rings. The second-order valence-electron chi connectivity index (χ2n) is 5.88. The van der Waals surface area contributed by atoms with Gasteiger partial charge in [-0.15, -0.1) is 0 Å². The fourth-order valence-corrected chi connectivity index (χ4v) is 2.27. The Hall–Kier alpha value is -1.91. The number of hydrogen-bond acceptors (Lipinski definition) is 2. The lowest BCUT2D eigenvalue weighted by Crippen LogP contribution is -2.28. The lowest BCUT2D eigenvalue weighted by Gasteiger charge is -2.18. The summed E-state index contributed by atoms with van der Waals surface area (Å²) in [6.45, 7) is 6.24. The van der Waals surface area contributed by atoms with Crippen molar-refractivity contribution < 1.29 is 5.11 Å².